The average molecular weight is 304 g/mol. The smallest absolute Gasteiger partial charge is 0.119 e. The van der Waals surface area contributed by atoms with Crippen LogP contribution >= 0.6 is 11.6 Å². The van der Waals surface area contributed by atoms with Crippen molar-refractivity contribution in [3.8, 4) is 5.75 Å². The lowest BCUT2D eigenvalue weighted by Crippen LogP contribution is -2.21. The van der Waals surface area contributed by atoms with Gasteiger partial charge in [0.1, 0.15) is 5.75 Å². The van der Waals surface area contributed by atoms with Crippen LogP contribution in [0.25, 0.3) is 0 Å². The highest BCUT2D eigenvalue weighted by molar-refractivity contribution is 6.30. The molecule has 0 aromatic heterocycles. The molecule has 0 spiro atoms. The van der Waals surface area contributed by atoms with Gasteiger partial charge in [-0.3, -0.25) is 0 Å². The number of hydrogen-bond acceptors (Lipinski definition) is 2. The van der Waals surface area contributed by atoms with E-state index in [0.717, 1.165) is 17.3 Å². The fourth-order valence-corrected chi connectivity index (χ4v) is 2.53. The summed E-state index contributed by atoms with van der Waals surface area (Å²) >= 11 is 6.11. The summed E-state index contributed by atoms with van der Waals surface area (Å²) in [5, 5.41) is 4.26. The lowest BCUT2D eigenvalue weighted by molar-refractivity contribution is 0.242. The van der Waals surface area contributed by atoms with E-state index in [0.29, 0.717) is 0 Å². The molecular formula is C18H22ClNO. The highest BCUT2D eigenvalue weighted by Gasteiger charge is 2.13. The van der Waals surface area contributed by atoms with Crippen LogP contribution in [0.15, 0.2) is 48.5 Å². The van der Waals surface area contributed by atoms with Crippen molar-refractivity contribution in [1.29, 1.82) is 0 Å². The molecule has 0 amide bonds. The van der Waals surface area contributed by atoms with Crippen LogP contribution in [0, 0.1) is 0 Å². The van der Waals surface area contributed by atoms with E-state index in [2.05, 4.69) is 30.4 Å². The maximum Gasteiger partial charge on any atom is 0.119 e. The third kappa shape index (κ3) is 4.48. The van der Waals surface area contributed by atoms with Gasteiger partial charge in [-0.05, 0) is 55.8 Å². The predicted octanol–water partition coefficient (Wildman–Crippen LogP) is 4.83. The van der Waals surface area contributed by atoms with Crippen LogP contribution in [0.2, 0.25) is 5.02 Å². The summed E-state index contributed by atoms with van der Waals surface area (Å²) in [5.74, 6) is 0.898. The molecule has 0 saturated carbocycles. The van der Waals surface area contributed by atoms with Gasteiger partial charge in [-0.2, -0.15) is 0 Å². The molecule has 1 N–H and O–H groups in total. The Kier molecular flexibility index (Phi) is 5.66. The molecule has 0 fully saturated rings. The molecule has 1 unspecified atom stereocenters. The molecule has 0 bridgehead atoms. The molecule has 2 rings (SSSR count). The number of rotatable bonds is 6. The van der Waals surface area contributed by atoms with Gasteiger partial charge in [-0.15, -0.1) is 0 Å². The lowest BCUT2D eigenvalue weighted by atomic mass is 9.98. The number of halogens is 1. The highest BCUT2D eigenvalue weighted by Crippen LogP contribution is 2.26. The molecule has 0 saturated heterocycles. The van der Waals surface area contributed by atoms with Gasteiger partial charge < -0.3 is 10.1 Å². The van der Waals surface area contributed by atoms with Crippen molar-refractivity contribution in [1.82, 2.24) is 5.32 Å². The molecule has 112 valence electrons. The quantitative estimate of drug-likeness (QED) is 0.825. The van der Waals surface area contributed by atoms with E-state index in [1.54, 1.807) is 0 Å². The third-order valence-electron chi connectivity index (χ3n) is 3.18. The molecular weight excluding hydrogens is 282 g/mol. The molecule has 21 heavy (non-hydrogen) atoms. The summed E-state index contributed by atoms with van der Waals surface area (Å²) in [6.07, 6.45) is 0.188. The normalized spacial score (nSPS) is 12.4. The number of nitrogens with one attached hydrogen (secondary N) is 1. The zero-order chi connectivity index (χ0) is 15.2. The van der Waals surface area contributed by atoms with Gasteiger partial charge in [0.25, 0.3) is 0 Å². The Bertz CT molecular complexity index is 566. The van der Waals surface area contributed by atoms with Gasteiger partial charge >= 0.3 is 0 Å². The summed E-state index contributed by atoms with van der Waals surface area (Å²) in [6.45, 7) is 7.05. The van der Waals surface area contributed by atoms with Crippen molar-refractivity contribution in [2.24, 2.45) is 0 Å². The monoisotopic (exact) mass is 303 g/mol. The molecule has 0 aliphatic carbocycles. The summed E-state index contributed by atoms with van der Waals surface area (Å²) in [5.41, 5.74) is 2.37. The Balaban J connectivity index is 2.26. The Hall–Kier alpha value is -1.51. The van der Waals surface area contributed by atoms with Gasteiger partial charge in [0.05, 0.1) is 12.1 Å². The minimum Gasteiger partial charge on any atom is -0.491 e. The number of benzene rings is 2. The Morgan fingerprint density at radius 1 is 1.05 bits per heavy atom. The number of ether oxygens (including phenoxy) is 1. The Labute approximate surface area is 132 Å². The minimum absolute atomic E-state index is 0.141. The van der Waals surface area contributed by atoms with Gasteiger partial charge in [0, 0.05) is 5.02 Å². The topological polar surface area (TPSA) is 21.3 Å². The van der Waals surface area contributed by atoms with Crippen molar-refractivity contribution in [2.75, 3.05) is 6.54 Å². The van der Waals surface area contributed by atoms with Crippen molar-refractivity contribution < 1.29 is 4.74 Å². The fourth-order valence-electron chi connectivity index (χ4n) is 2.33. The van der Waals surface area contributed by atoms with E-state index >= 15 is 0 Å². The first kappa shape index (κ1) is 15.9. The van der Waals surface area contributed by atoms with Crippen LogP contribution in [-0.2, 0) is 0 Å². The van der Waals surface area contributed by atoms with Gasteiger partial charge in [-0.25, -0.2) is 0 Å². The molecule has 0 aliphatic heterocycles. The summed E-state index contributed by atoms with van der Waals surface area (Å²) in [4.78, 5) is 0. The molecule has 3 heteroatoms. The van der Waals surface area contributed by atoms with Gasteiger partial charge in [0.2, 0.25) is 0 Å². The standard InChI is InChI=1S/C18H22ClNO/c1-4-20-18(15-6-5-7-16(19)12-15)14-8-10-17(11-9-14)21-13(2)3/h5-13,18,20H,4H2,1-3H3. The average Bonchev–Trinajstić information content (AvgIpc) is 2.45. The first-order valence-corrected chi connectivity index (χ1v) is 7.73. The van der Waals surface area contributed by atoms with Gasteiger partial charge in [0.15, 0.2) is 0 Å². The van der Waals surface area contributed by atoms with Crippen molar-refractivity contribution in [3.63, 3.8) is 0 Å². The summed E-state index contributed by atoms with van der Waals surface area (Å²) in [7, 11) is 0. The second-order valence-electron chi connectivity index (χ2n) is 5.28. The molecule has 2 aromatic rings. The van der Waals surface area contributed by atoms with E-state index in [1.807, 2.05) is 44.2 Å². The van der Waals surface area contributed by atoms with E-state index in [1.165, 1.54) is 11.1 Å². The fraction of sp³-hybridized carbons (Fsp3) is 0.333. The largest absolute Gasteiger partial charge is 0.491 e. The van der Waals surface area contributed by atoms with Crippen LogP contribution in [0.3, 0.4) is 0 Å². The third-order valence-corrected chi connectivity index (χ3v) is 3.41. The summed E-state index contributed by atoms with van der Waals surface area (Å²) in [6, 6.07) is 16.4. The molecule has 0 radical (unpaired) electrons. The van der Waals surface area contributed by atoms with Crippen molar-refractivity contribution >= 4 is 11.6 Å². The number of hydrogen-bond donors (Lipinski definition) is 1. The minimum atomic E-state index is 0.141. The maximum atomic E-state index is 6.11. The SMILES string of the molecule is CCNC(c1ccc(OC(C)C)cc1)c1cccc(Cl)c1. The first-order chi connectivity index (χ1) is 10.1. The summed E-state index contributed by atoms with van der Waals surface area (Å²) < 4.78 is 5.69. The van der Waals surface area contributed by atoms with Crippen LogP contribution in [0.1, 0.15) is 37.9 Å². The molecule has 0 heterocycles. The zero-order valence-electron chi connectivity index (χ0n) is 12.8. The van der Waals surface area contributed by atoms with E-state index < -0.39 is 0 Å². The van der Waals surface area contributed by atoms with E-state index in [-0.39, 0.29) is 12.1 Å². The molecule has 0 aliphatic rings. The van der Waals surface area contributed by atoms with Crippen LogP contribution in [0.4, 0.5) is 0 Å². The van der Waals surface area contributed by atoms with E-state index in [4.69, 9.17) is 16.3 Å². The Morgan fingerprint density at radius 3 is 2.33 bits per heavy atom. The second-order valence-corrected chi connectivity index (χ2v) is 5.72. The van der Waals surface area contributed by atoms with Gasteiger partial charge in [-0.1, -0.05) is 42.8 Å². The van der Waals surface area contributed by atoms with Crippen LogP contribution in [0.5, 0.6) is 5.75 Å². The Morgan fingerprint density at radius 2 is 1.76 bits per heavy atom. The maximum absolute atomic E-state index is 6.11. The second kappa shape index (κ2) is 7.48. The first-order valence-electron chi connectivity index (χ1n) is 7.35. The predicted molar refractivity (Wildman–Crippen MR) is 89.2 cm³/mol. The van der Waals surface area contributed by atoms with Crippen molar-refractivity contribution in [3.05, 3.63) is 64.7 Å². The van der Waals surface area contributed by atoms with E-state index in [9.17, 15) is 0 Å². The van der Waals surface area contributed by atoms with Crippen LogP contribution < -0.4 is 10.1 Å². The highest BCUT2D eigenvalue weighted by atomic mass is 35.5. The lowest BCUT2D eigenvalue weighted by Gasteiger charge is -2.20. The zero-order valence-corrected chi connectivity index (χ0v) is 13.5. The van der Waals surface area contributed by atoms with Crippen LogP contribution in [-0.4, -0.2) is 12.6 Å². The molecule has 2 aromatic carbocycles. The molecule has 2 nitrogen and oxygen atoms in total. The van der Waals surface area contributed by atoms with Crippen molar-refractivity contribution in [2.45, 2.75) is 32.9 Å². The molecule has 1 atom stereocenters.